The van der Waals surface area contributed by atoms with E-state index in [0.717, 1.165) is 28.4 Å². The van der Waals surface area contributed by atoms with Gasteiger partial charge in [-0.25, -0.2) is 0 Å². The van der Waals surface area contributed by atoms with Crippen LogP contribution in [0.1, 0.15) is 148 Å². The van der Waals surface area contributed by atoms with Gasteiger partial charge in [-0.05, 0) is 193 Å². The average molecular weight is 1090 g/mol. The van der Waals surface area contributed by atoms with E-state index in [4.69, 9.17) is 0 Å². The lowest BCUT2D eigenvalue weighted by molar-refractivity contribution is 0.590. The molecule has 2 aliphatic heterocycles. The number of anilines is 9. The largest absolute Gasteiger partial charge is 0.342 e. The molecule has 3 heterocycles. The first-order chi connectivity index (χ1) is 39.0. The van der Waals surface area contributed by atoms with Crippen LogP contribution in [0.25, 0.3) is 32.9 Å². The summed E-state index contributed by atoms with van der Waals surface area (Å²) in [7, 11) is 2.25. The number of benzene rings is 9. The first-order valence-electron chi connectivity index (χ1n) is 30.3. The van der Waals surface area contributed by atoms with E-state index in [-0.39, 0.29) is 33.8 Å². The second-order valence-corrected chi connectivity index (χ2v) is 29.5. The standard InChI is InChI=1S/C78H85BN4/c1-48-40-49(2)71(50(3)41-48)51-42-68-72-69(43-51)83(67-39-31-56(78(16,17)18)45-64(67)79(72)63-44-55(77(13,14)15)30-38-66(63)82(68)59-36-28-54(29-37-59)76(10,11)12)60-46-62-61-22-20-21-23-65(61)80(19)73(62)70(47-60)81(57-32-24-52(25-33-57)74(4,5)6)58-34-26-53(27-35-58)75(7,8)9/h20-47H,1-19H3. The Hall–Kier alpha value is -7.76. The minimum Gasteiger partial charge on any atom is -0.342 e. The van der Waals surface area contributed by atoms with Crippen molar-refractivity contribution in [3.8, 4) is 11.1 Å². The molecule has 12 rings (SSSR count). The first kappa shape index (κ1) is 55.8. The molecule has 1 aromatic heterocycles. The van der Waals surface area contributed by atoms with Gasteiger partial charge in [0.25, 0.3) is 6.71 Å². The van der Waals surface area contributed by atoms with Gasteiger partial charge < -0.3 is 19.3 Å². The van der Waals surface area contributed by atoms with Crippen LogP contribution in [0.4, 0.5) is 51.2 Å². The van der Waals surface area contributed by atoms with Gasteiger partial charge in [0.1, 0.15) is 0 Å². The second-order valence-electron chi connectivity index (χ2n) is 29.5. The quantitative estimate of drug-likeness (QED) is 0.154. The summed E-state index contributed by atoms with van der Waals surface area (Å²) in [5.41, 5.74) is 29.6. The van der Waals surface area contributed by atoms with Gasteiger partial charge in [0, 0.05) is 68.8 Å². The van der Waals surface area contributed by atoms with Gasteiger partial charge in [-0.3, -0.25) is 0 Å². The Kier molecular flexibility index (Phi) is 13.0. The van der Waals surface area contributed by atoms with Crippen molar-refractivity contribution in [1.29, 1.82) is 0 Å². The number of nitrogens with zero attached hydrogens (tertiary/aromatic N) is 4. The van der Waals surface area contributed by atoms with Gasteiger partial charge in [0.15, 0.2) is 0 Å². The third-order valence-electron chi connectivity index (χ3n) is 18.2. The lowest BCUT2D eigenvalue weighted by atomic mass is 9.33. The van der Waals surface area contributed by atoms with E-state index in [0.29, 0.717) is 0 Å². The lowest BCUT2D eigenvalue weighted by Gasteiger charge is -2.45. The summed E-state index contributed by atoms with van der Waals surface area (Å²) >= 11 is 0. The monoisotopic (exact) mass is 1090 g/mol. The maximum absolute atomic E-state index is 2.66. The van der Waals surface area contributed by atoms with Crippen molar-refractivity contribution in [2.24, 2.45) is 7.05 Å². The molecule has 0 bridgehead atoms. The van der Waals surface area contributed by atoms with Crippen LogP contribution in [-0.2, 0) is 34.1 Å². The third kappa shape index (κ3) is 9.57. The summed E-state index contributed by atoms with van der Waals surface area (Å²) in [4.78, 5) is 7.79. The molecule has 4 nitrogen and oxygen atoms in total. The normalized spacial score (nSPS) is 13.7. The minimum absolute atomic E-state index is 0.00324. The summed E-state index contributed by atoms with van der Waals surface area (Å²) in [6, 6.07) is 66.8. The Bertz CT molecular complexity index is 4110. The highest BCUT2D eigenvalue weighted by Gasteiger charge is 2.45. The number of aromatic nitrogens is 1. The van der Waals surface area contributed by atoms with Gasteiger partial charge in [-0.2, -0.15) is 0 Å². The van der Waals surface area contributed by atoms with E-state index in [1.807, 2.05) is 0 Å². The summed E-state index contributed by atoms with van der Waals surface area (Å²) < 4.78 is 2.43. The predicted molar refractivity (Wildman–Crippen MR) is 362 cm³/mol. The zero-order valence-corrected chi connectivity index (χ0v) is 53.0. The maximum Gasteiger partial charge on any atom is 0.252 e. The molecule has 0 aliphatic carbocycles. The fourth-order valence-electron chi connectivity index (χ4n) is 13.6. The summed E-state index contributed by atoms with van der Waals surface area (Å²) in [6.07, 6.45) is 0. The van der Waals surface area contributed by atoms with Crippen LogP contribution in [0.2, 0.25) is 0 Å². The van der Waals surface area contributed by atoms with Gasteiger partial charge in [0.05, 0.1) is 11.2 Å². The highest BCUT2D eigenvalue weighted by atomic mass is 15.2. The van der Waals surface area contributed by atoms with Crippen molar-refractivity contribution < 1.29 is 0 Å². The number of fused-ring (bicyclic) bond motifs is 7. The Morgan fingerprint density at radius 3 is 1.27 bits per heavy atom. The van der Waals surface area contributed by atoms with Crippen LogP contribution in [0.5, 0.6) is 0 Å². The molecule has 0 radical (unpaired) electrons. The van der Waals surface area contributed by atoms with Gasteiger partial charge in [-0.15, -0.1) is 0 Å². The minimum atomic E-state index is -0.0977. The van der Waals surface area contributed by atoms with Crippen molar-refractivity contribution in [2.75, 3.05) is 14.7 Å². The van der Waals surface area contributed by atoms with Crippen LogP contribution in [0.15, 0.2) is 170 Å². The fourth-order valence-corrected chi connectivity index (χ4v) is 13.6. The highest BCUT2D eigenvalue weighted by Crippen LogP contribution is 2.52. The molecule has 0 spiro atoms. The zero-order chi connectivity index (χ0) is 59.2. The molecule has 0 fully saturated rings. The SMILES string of the molecule is Cc1cc(C)c(-c2cc3c4c(c2)N(c2cc(N(c5ccc(C(C)(C)C)cc5)c5ccc(C(C)(C)C)cc5)c5c(c2)c2ccccc2n5C)c2ccc(C(C)(C)C)cc2B4c2cc(C(C)(C)C)ccc2N3c2ccc(C(C)(C)C)cc2)c(C)c1. The molecule has 0 amide bonds. The maximum atomic E-state index is 2.66. The fraction of sp³-hybridized carbons (Fsp3) is 0.308. The van der Waals surface area contributed by atoms with E-state index in [9.17, 15) is 0 Å². The van der Waals surface area contributed by atoms with Crippen molar-refractivity contribution >= 4 is 96.1 Å². The number of hydrogen-bond donors (Lipinski definition) is 0. The molecule has 2 aliphatic rings. The molecular formula is C78H85BN4. The van der Waals surface area contributed by atoms with Crippen LogP contribution < -0.4 is 31.1 Å². The number of para-hydroxylation sites is 1. The summed E-state index contributed by atoms with van der Waals surface area (Å²) in [6.45, 7) is 41.7. The Labute approximate surface area is 496 Å². The molecule has 9 aromatic carbocycles. The van der Waals surface area contributed by atoms with Gasteiger partial charge in [0.2, 0.25) is 0 Å². The Morgan fingerprint density at radius 1 is 0.386 bits per heavy atom. The highest BCUT2D eigenvalue weighted by molar-refractivity contribution is 7.00. The lowest BCUT2D eigenvalue weighted by Crippen LogP contribution is -2.61. The molecular weight excluding hydrogens is 1000 g/mol. The number of rotatable bonds is 6. The Balaban J connectivity index is 1.24. The van der Waals surface area contributed by atoms with E-state index >= 15 is 0 Å². The smallest absolute Gasteiger partial charge is 0.252 e. The second kappa shape index (κ2) is 19.4. The average Bonchev–Trinajstić information content (AvgIpc) is 3.25. The number of hydrogen-bond acceptors (Lipinski definition) is 3. The van der Waals surface area contributed by atoms with Crippen molar-refractivity contribution in [3.63, 3.8) is 0 Å². The predicted octanol–water partition coefficient (Wildman–Crippen LogP) is 20.0. The Morgan fingerprint density at radius 2 is 0.807 bits per heavy atom. The summed E-state index contributed by atoms with van der Waals surface area (Å²) in [5.74, 6) is 0. The molecule has 0 saturated carbocycles. The molecule has 83 heavy (non-hydrogen) atoms. The van der Waals surface area contributed by atoms with Gasteiger partial charge in [-0.1, -0.05) is 200 Å². The van der Waals surface area contributed by atoms with Crippen LogP contribution in [0.3, 0.4) is 0 Å². The van der Waals surface area contributed by atoms with E-state index < -0.39 is 0 Å². The molecule has 420 valence electrons. The summed E-state index contributed by atoms with van der Waals surface area (Å²) in [5, 5.41) is 2.44. The van der Waals surface area contributed by atoms with Crippen LogP contribution in [0, 0.1) is 20.8 Å². The molecule has 0 atom stereocenters. The molecule has 10 aromatic rings. The van der Waals surface area contributed by atoms with Crippen molar-refractivity contribution in [1.82, 2.24) is 4.57 Å². The zero-order valence-electron chi connectivity index (χ0n) is 53.0. The van der Waals surface area contributed by atoms with Crippen molar-refractivity contribution in [2.45, 2.75) is 152 Å². The van der Waals surface area contributed by atoms with E-state index in [1.165, 1.54) is 117 Å². The van der Waals surface area contributed by atoms with E-state index in [2.05, 4.69) is 321 Å². The van der Waals surface area contributed by atoms with E-state index in [1.54, 1.807) is 0 Å². The molecule has 0 unspecified atom stereocenters. The van der Waals surface area contributed by atoms with Gasteiger partial charge >= 0.3 is 0 Å². The number of aryl methyl sites for hydroxylation is 4. The van der Waals surface area contributed by atoms with Crippen LogP contribution >= 0.6 is 0 Å². The van der Waals surface area contributed by atoms with Crippen molar-refractivity contribution in [3.05, 3.63) is 214 Å². The third-order valence-corrected chi connectivity index (χ3v) is 18.2. The molecule has 0 saturated heterocycles. The van der Waals surface area contributed by atoms with Crippen LogP contribution in [-0.4, -0.2) is 11.3 Å². The molecule has 5 heteroatoms. The topological polar surface area (TPSA) is 14.7 Å². The molecule has 0 N–H and O–H groups in total. The first-order valence-corrected chi connectivity index (χ1v) is 30.3.